The molecule has 0 unspecified atom stereocenters. The van der Waals surface area contributed by atoms with Gasteiger partial charge in [-0.3, -0.25) is 9.59 Å². The fourth-order valence-electron chi connectivity index (χ4n) is 3.73. The van der Waals surface area contributed by atoms with Crippen molar-refractivity contribution < 1.29 is 14.7 Å². The van der Waals surface area contributed by atoms with Gasteiger partial charge in [0.1, 0.15) is 0 Å². The lowest BCUT2D eigenvalue weighted by Crippen LogP contribution is -2.25. The molecule has 0 saturated carbocycles. The van der Waals surface area contributed by atoms with Crippen LogP contribution in [0.4, 0.5) is 0 Å². The highest BCUT2D eigenvalue weighted by molar-refractivity contribution is 5.76. The number of aliphatic carboxylic acids is 1. The molecule has 0 spiro atoms. The van der Waals surface area contributed by atoms with Gasteiger partial charge in [-0.1, -0.05) is 69.0 Å². The van der Waals surface area contributed by atoms with Gasteiger partial charge in [0.2, 0.25) is 5.91 Å². The van der Waals surface area contributed by atoms with Crippen LogP contribution in [0.5, 0.6) is 0 Å². The van der Waals surface area contributed by atoms with Crippen LogP contribution < -0.4 is 0 Å². The van der Waals surface area contributed by atoms with Crippen molar-refractivity contribution in [2.45, 2.75) is 71.8 Å². The van der Waals surface area contributed by atoms with E-state index < -0.39 is 5.97 Å². The van der Waals surface area contributed by atoms with E-state index in [-0.39, 0.29) is 12.3 Å². The highest BCUT2D eigenvalue weighted by Gasteiger charge is 2.10. The minimum absolute atomic E-state index is 0.146. The Kier molecular flexibility index (Phi) is 9.59. The molecular weight excluding hydrogens is 374 g/mol. The zero-order chi connectivity index (χ0) is 21.9. The molecule has 4 nitrogen and oxygen atoms in total. The topological polar surface area (TPSA) is 57.6 Å². The van der Waals surface area contributed by atoms with Crippen molar-refractivity contribution >= 4 is 11.9 Å². The number of aryl methyl sites for hydroxylation is 2. The Morgan fingerprint density at radius 1 is 0.933 bits per heavy atom. The van der Waals surface area contributed by atoms with E-state index in [1.54, 1.807) is 0 Å². The number of unbranched alkanes of at least 4 members (excludes halogenated alkanes) is 4. The first-order valence-electron chi connectivity index (χ1n) is 11.0. The Morgan fingerprint density at radius 3 is 2.40 bits per heavy atom. The second-order valence-electron chi connectivity index (χ2n) is 8.16. The SMILES string of the molecule is CCCCCCCC(=O)N(C)Cc1cccc(-c2ccc(CCC(=O)O)cc2C)c1. The molecule has 2 aromatic rings. The monoisotopic (exact) mass is 409 g/mol. The smallest absolute Gasteiger partial charge is 0.303 e. The van der Waals surface area contributed by atoms with E-state index in [1.807, 2.05) is 24.1 Å². The van der Waals surface area contributed by atoms with E-state index in [4.69, 9.17) is 5.11 Å². The minimum atomic E-state index is -0.774. The summed E-state index contributed by atoms with van der Waals surface area (Å²) in [7, 11) is 1.88. The summed E-state index contributed by atoms with van der Waals surface area (Å²) in [6, 6.07) is 14.5. The largest absolute Gasteiger partial charge is 0.481 e. The highest BCUT2D eigenvalue weighted by atomic mass is 16.4. The van der Waals surface area contributed by atoms with Crippen LogP contribution in [0.25, 0.3) is 11.1 Å². The number of amides is 1. The van der Waals surface area contributed by atoms with Crippen LogP contribution >= 0.6 is 0 Å². The summed E-state index contributed by atoms with van der Waals surface area (Å²) < 4.78 is 0. The number of carbonyl (C=O) groups is 2. The summed E-state index contributed by atoms with van der Waals surface area (Å²) in [5.74, 6) is -0.570. The summed E-state index contributed by atoms with van der Waals surface area (Å²) in [6.45, 7) is 4.86. The number of carboxylic acid groups (broad SMARTS) is 1. The van der Waals surface area contributed by atoms with Crippen molar-refractivity contribution in [3.05, 3.63) is 59.2 Å². The number of carbonyl (C=O) groups excluding carboxylic acids is 1. The van der Waals surface area contributed by atoms with Crippen LogP contribution in [-0.4, -0.2) is 28.9 Å². The molecule has 0 heterocycles. The van der Waals surface area contributed by atoms with Gasteiger partial charge in [-0.2, -0.15) is 0 Å². The Labute approximate surface area is 180 Å². The minimum Gasteiger partial charge on any atom is -0.481 e. The lowest BCUT2D eigenvalue weighted by molar-refractivity contribution is -0.137. The molecule has 0 fully saturated rings. The van der Waals surface area contributed by atoms with Crippen molar-refractivity contribution in [3.8, 4) is 11.1 Å². The number of carboxylic acids is 1. The van der Waals surface area contributed by atoms with E-state index in [2.05, 4.69) is 44.2 Å². The third kappa shape index (κ3) is 7.66. The van der Waals surface area contributed by atoms with Crippen molar-refractivity contribution in [2.24, 2.45) is 0 Å². The molecule has 2 aromatic carbocycles. The van der Waals surface area contributed by atoms with Crippen molar-refractivity contribution in [3.63, 3.8) is 0 Å². The maximum absolute atomic E-state index is 12.4. The number of hydrogen-bond acceptors (Lipinski definition) is 2. The maximum atomic E-state index is 12.4. The standard InChI is InChI=1S/C26H35NO3/c1-4-5-6-7-8-12-25(28)27(3)19-22-10-9-11-23(18-22)24-15-13-21(17-20(24)2)14-16-26(29)30/h9-11,13,15,17-18H,4-8,12,14,16,19H2,1-3H3,(H,29,30). The second-order valence-corrected chi connectivity index (χ2v) is 8.16. The van der Waals surface area contributed by atoms with Crippen LogP contribution in [-0.2, 0) is 22.6 Å². The number of benzene rings is 2. The molecule has 0 aliphatic carbocycles. The van der Waals surface area contributed by atoms with Crippen molar-refractivity contribution in [1.29, 1.82) is 0 Å². The van der Waals surface area contributed by atoms with Crippen LogP contribution in [0.2, 0.25) is 0 Å². The molecular formula is C26H35NO3. The summed E-state index contributed by atoms with van der Waals surface area (Å²) >= 11 is 0. The third-order valence-corrected chi connectivity index (χ3v) is 5.50. The van der Waals surface area contributed by atoms with Gasteiger partial charge in [0.05, 0.1) is 0 Å². The highest BCUT2D eigenvalue weighted by Crippen LogP contribution is 2.26. The zero-order valence-electron chi connectivity index (χ0n) is 18.6. The Morgan fingerprint density at radius 2 is 1.70 bits per heavy atom. The molecule has 0 radical (unpaired) electrons. The van der Waals surface area contributed by atoms with E-state index in [9.17, 15) is 9.59 Å². The van der Waals surface area contributed by atoms with Gasteiger partial charge in [-0.25, -0.2) is 0 Å². The first-order valence-corrected chi connectivity index (χ1v) is 11.0. The molecule has 0 saturated heterocycles. The average molecular weight is 410 g/mol. The molecule has 4 heteroatoms. The zero-order valence-corrected chi connectivity index (χ0v) is 18.6. The number of rotatable bonds is 12. The number of nitrogens with zero attached hydrogens (tertiary/aromatic N) is 1. The Bertz CT molecular complexity index is 844. The van der Waals surface area contributed by atoms with Gasteiger partial charge in [0.15, 0.2) is 0 Å². The first kappa shape index (κ1) is 23.7. The lowest BCUT2D eigenvalue weighted by atomic mass is 9.96. The lowest BCUT2D eigenvalue weighted by Gasteiger charge is -2.18. The summed E-state index contributed by atoms with van der Waals surface area (Å²) in [5.41, 5.74) is 5.55. The molecule has 0 aliphatic rings. The molecule has 2 rings (SSSR count). The van der Waals surface area contributed by atoms with Crippen molar-refractivity contribution in [2.75, 3.05) is 7.05 Å². The molecule has 162 valence electrons. The molecule has 0 aliphatic heterocycles. The molecule has 0 atom stereocenters. The van der Waals surface area contributed by atoms with Gasteiger partial charge >= 0.3 is 5.97 Å². The molecule has 0 aromatic heterocycles. The fourth-order valence-corrected chi connectivity index (χ4v) is 3.73. The third-order valence-electron chi connectivity index (χ3n) is 5.50. The molecule has 0 bridgehead atoms. The molecule has 1 N–H and O–H groups in total. The number of hydrogen-bond donors (Lipinski definition) is 1. The van der Waals surface area contributed by atoms with Crippen LogP contribution in [0, 0.1) is 6.92 Å². The van der Waals surface area contributed by atoms with Gasteiger partial charge in [0.25, 0.3) is 0 Å². The van der Waals surface area contributed by atoms with Gasteiger partial charge in [-0.05, 0) is 53.6 Å². The Hall–Kier alpha value is -2.62. The summed E-state index contributed by atoms with van der Waals surface area (Å²) in [6.07, 6.45) is 7.09. The maximum Gasteiger partial charge on any atom is 0.303 e. The van der Waals surface area contributed by atoms with Crippen molar-refractivity contribution in [1.82, 2.24) is 4.90 Å². The fraction of sp³-hybridized carbons (Fsp3) is 0.462. The van der Waals surface area contributed by atoms with E-state index >= 15 is 0 Å². The van der Waals surface area contributed by atoms with E-state index in [1.165, 1.54) is 19.3 Å². The predicted molar refractivity (Wildman–Crippen MR) is 122 cm³/mol. The van der Waals surface area contributed by atoms with Gasteiger partial charge in [0, 0.05) is 26.4 Å². The molecule has 30 heavy (non-hydrogen) atoms. The summed E-state index contributed by atoms with van der Waals surface area (Å²) in [4.78, 5) is 25.0. The van der Waals surface area contributed by atoms with E-state index in [0.29, 0.717) is 19.4 Å². The average Bonchev–Trinajstić information content (AvgIpc) is 2.72. The van der Waals surface area contributed by atoms with Crippen LogP contribution in [0.3, 0.4) is 0 Å². The quantitative estimate of drug-likeness (QED) is 0.438. The van der Waals surface area contributed by atoms with Crippen LogP contribution in [0.1, 0.15) is 68.6 Å². The Balaban J connectivity index is 1.98. The van der Waals surface area contributed by atoms with Crippen LogP contribution in [0.15, 0.2) is 42.5 Å². The summed E-state index contributed by atoms with van der Waals surface area (Å²) in [5, 5.41) is 8.87. The first-order chi connectivity index (χ1) is 14.4. The van der Waals surface area contributed by atoms with Gasteiger partial charge in [-0.15, -0.1) is 0 Å². The van der Waals surface area contributed by atoms with Gasteiger partial charge < -0.3 is 10.0 Å². The molecule has 1 amide bonds. The predicted octanol–water partition coefficient (Wildman–Crippen LogP) is 6.00. The second kappa shape index (κ2) is 12.2. The normalized spacial score (nSPS) is 10.8. The van der Waals surface area contributed by atoms with E-state index in [0.717, 1.165) is 40.7 Å².